The first-order valence-electron chi connectivity index (χ1n) is 10.5. The van der Waals surface area contributed by atoms with E-state index in [0.29, 0.717) is 5.56 Å². The summed E-state index contributed by atoms with van der Waals surface area (Å²) in [6, 6.07) is 5.67. The van der Waals surface area contributed by atoms with Gasteiger partial charge in [-0.2, -0.15) is 5.26 Å². The van der Waals surface area contributed by atoms with Crippen molar-refractivity contribution < 1.29 is 13.5 Å². The van der Waals surface area contributed by atoms with Crippen LogP contribution < -0.4 is 0 Å². The maximum Gasteiger partial charge on any atom is 0.188 e. The van der Waals surface area contributed by atoms with Crippen molar-refractivity contribution >= 4 is 15.9 Å². The van der Waals surface area contributed by atoms with Gasteiger partial charge in [0.15, 0.2) is 9.84 Å². The molecule has 160 valence electrons. The molecule has 0 unspecified atom stereocenters. The molecular weight excluding hydrogens is 382 g/mol. The highest BCUT2D eigenvalue weighted by Gasteiger charge is 2.28. The van der Waals surface area contributed by atoms with Crippen molar-refractivity contribution in [1.29, 1.82) is 5.26 Å². The van der Waals surface area contributed by atoms with Crippen molar-refractivity contribution in [2.24, 2.45) is 5.92 Å². The van der Waals surface area contributed by atoms with Crippen molar-refractivity contribution in [1.82, 2.24) is 0 Å². The molecule has 1 aliphatic carbocycles. The molecule has 1 aromatic carbocycles. The largest absolute Gasteiger partial charge is 0.507 e. The van der Waals surface area contributed by atoms with Gasteiger partial charge in [0.05, 0.1) is 5.75 Å². The maximum atomic E-state index is 12.9. The SMILES string of the molecule is CC(C)(C)c1cc(/C=C(\C#N)S(=O)(=O)CC2CCCCC2)c(O)c(C(C)(C)C)c1. The third kappa shape index (κ3) is 5.85. The minimum absolute atomic E-state index is 0.0121. The van der Waals surface area contributed by atoms with E-state index in [4.69, 9.17) is 0 Å². The standard InChI is InChI=1S/C24H35NO3S/c1-23(2,3)19-12-18(22(26)21(14-19)24(4,5)6)13-20(15-25)29(27,28)16-17-10-8-7-9-11-17/h12-14,17,26H,7-11,16H2,1-6H3/b20-13+. The van der Waals surface area contributed by atoms with Crippen LogP contribution in [-0.2, 0) is 20.7 Å². The summed E-state index contributed by atoms with van der Waals surface area (Å²) in [6.45, 7) is 12.2. The topological polar surface area (TPSA) is 78.2 Å². The van der Waals surface area contributed by atoms with E-state index in [1.807, 2.05) is 32.9 Å². The quantitative estimate of drug-likeness (QED) is 0.624. The zero-order chi connectivity index (χ0) is 22.0. The molecule has 0 heterocycles. The number of benzene rings is 1. The predicted octanol–water partition coefficient (Wildman–Crippen LogP) is 5.85. The molecule has 1 aromatic rings. The molecule has 5 heteroatoms. The first-order chi connectivity index (χ1) is 13.3. The van der Waals surface area contributed by atoms with E-state index in [9.17, 15) is 18.8 Å². The fraction of sp³-hybridized carbons (Fsp3) is 0.625. The number of hydrogen-bond acceptors (Lipinski definition) is 4. The summed E-state index contributed by atoms with van der Waals surface area (Å²) < 4.78 is 25.9. The van der Waals surface area contributed by atoms with Gasteiger partial charge in [-0.1, -0.05) is 66.9 Å². The smallest absolute Gasteiger partial charge is 0.188 e. The van der Waals surface area contributed by atoms with E-state index < -0.39 is 9.84 Å². The van der Waals surface area contributed by atoms with Crippen LogP contribution in [0.25, 0.3) is 6.08 Å². The Bertz CT molecular complexity index is 917. The van der Waals surface area contributed by atoms with Gasteiger partial charge in [0.1, 0.15) is 16.7 Å². The lowest BCUT2D eigenvalue weighted by Gasteiger charge is -2.27. The van der Waals surface area contributed by atoms with Gasteiger partial charge in [0, 0.05) is 11.1 Å². The monoisotopic (exact) mass is 417 g/mol. The van der Waals surface area contributed by atoms with Gasteiger partial charge in [0.2, 0.25) is 0 Å². The number of nitrogens with zero attached hydrogens (tertiary/aromatic N) is 1. The molecular formula is C24H35NO3S. The minimum Gasteiger partial charge on any atom is -0.507 e. The summed E-state index contributed by atoms with van der Waals surface area (Å²) in [5.74, 6) is 0.175. The van der Waals surface area contributed by atoms with E-state index >= 15 is 0 Å². The van der Waals surface area contributed by atoms with Crippen LogP contribution >= 0.6 is 0 Å². The second-order valence-electron chi connectivity index (χ2n) is 10.4. The van der Waals surface area contributed by atoms with Crippen LogP contribution in [0, 0.1) is 17.2 Å². The molecule has 1 aliphatic rings. The minimum atomic E-state index is -3.69. The fourth-order valence-corrected chi connectivity index (χ4v) is 5.44. The van der Waals surface area contributed by atoms with E-state index in [1.54, 1.807) is 6.07 Å². The van der Waals surface area contributed by atoms with Crippen molar-refractivity contribution in [3.8, 4) is 11.8 Å². The number of hydrogen-bond donors (Lipinski definition) is 1. The normalized spacial score (nSPS) is 17.2. The van der Waals surface area contributed by atoms with Gasteiger partial charge in [-0.15, -0.1) is 0 Å². The van der Waals surface area contributed by atoms with Crippen LogP contribution in [0.15, 0.2) is 17.0 Å². The van der Waals surface area contributed by atoms with Gasteiger partial charge in [-0.05, 0) is 47.3 Å². The van der Waals surface area contributed by atoms with Crippen LogP contribution in [0.1, 0.15) is 90.3 Å². The first-order valence-corrected chi connectivity index (χ1v) is 12.1. The van der Waals surface area contributed by atoms with Crippen molar-refractivity contribution in [3.63, 3.8) is 0 Å². The van der Waals surface area contributed by atoms with Crippen LogP contribution in [0.5, 0.6) is 5.75 Å². The van der Waals surface area contributed by atoms with Gasteiger partial charge in [-0.25, -0.2) is 8.42 Å². The Kier molecular flexibility index (Phi) is 6.89. The molecule has 1 N–H and O–H groups in total. The third-order valence-electron chi connectivity index (χ3n) is 5.73. The Morgan fingerprint density at radius 3 is 2.17 bits per heavy atom. The van der Waals surface area contributed by atoms with Crippen LogP contribution in [0.2, 0.25) is 0 Å². The highest BCUT2D eigenvalue weighted by atomic mass is 32.2. The summed E-state index contributed by atoms with van der Waals surface area (Å²) in [5, 5.41) is 20.5. The highest BCUT2D eigenvalue weighted by molar-refractivity contribution is 7.95. The Hall–Kier alpha value is -1.80. The lowest BCUT2D eigenvalue weighted by Crippen LogP contribution is -2.20. The molecule has 0 spiro atoms. The Morgan fingerprint density at radius 1 is 1.10 bits per heavy atom. The molecule has 0 saturated heterocycles. The lowest BCUT2D eigenvalue weighted by molar-refractivity contribution is 0.385. The summed E-state index contributed by atoms with van der Waals surface area (Å²) in [7, 11) is -3.69. The Balaban J connectivity index is 2.55. The molecule has 0 bridgehead atoms. The second kappa shape index (κ2) is 8.52. The number of allylic oxidation sites excluding steroid dienone is 1. The molecule has 0 radical (unpaired) electrons. The Labute approximate surface area is 176 Å². The number of aromatic hydroxyl groups is 1. The lowest BCUT2D eigenvalue weighted by atomic mass is 9.79. The van der Waals surface area contributed by atoms with E-state index in [1.165, 1.54) is 6.08 Å². The van der Waals surface area contributed by atoms with Crippen LogP contribution in [-0.4, -0.2) is 19.3 Å². The highest BCUT2D eigenvalue weighted by Crippen LogP contribution is 2.39. The molecule has 4 nitrogen and oxygen atoms in total. The van der Waals surface area contributed by atoms with Crippen molar-refractivity contribution in [2.45, 2.75) is 84.5 Å². The summed E-state index contributed by atoms with van der Waals surface area (Å²) in [4.78, 5) is -0.260. The van der Waals surface area contributed by atoms with Gasteiger partial charge in [-0.3, -0.25) is 0 Å². The van der Waals surface area contributed by atoms with E-state index in [2.05, 4.69) is 20.8 Å². The molecule has 0 aromatic heterocycles. The average molecular weight is 418 g/mol. The van der Waals surface area contributed by atoms with Crippen LogP contribution in [0.4, 0.5) is 0 Å². The van der Waals surface area contributed by atoms with Gasteiger partial charge in [0.25, 0.3) is 0 Å². The zero-order valence-corrected chi connectivity index (χ0v) is 19.5. The number of rotatable bonds is 4. The molecule has 0 amide bonds. The molecule has 29 heavy (non-hydrogen) atoms. The number of phenolic OH excluding ortho intramolecular Hbond substituents is 1. The van der Waals surface area contributed by atoms with Crippen molar-refractivity contribution in [2.75, 3.05) is 5.75 Å². The molecule has 1 fully saturated rings. The van der Waals surface area contributed by atoms with E-state index in [0.717, 1.165) is 43.2 Å². The zero-order valence-electron chi connectivity index (χ0n) is 18.7. The first kappa shape index (κ1) is 23.5. The Morgan fingerprint density at radius 2 is 1.69 bits per heavy atom. The third-order valence-corrected chi connectivity index (χ3v) is 7.51. The number of nitriles is 1. The van der Waals surface area contributed by atoms with Gasteiger partial charge >= 0.3 is 0 Å². The summed E-state index contributed by atoms with van der Waals surface area (Å²) in [6.07, 6.45) is 6.41. The van der Waals surface area contributed by atoms with Crippen LogP contribution in [0.3, 0.4) is 0 Å². The number of sulfone groups is 1. The van der Waals surface area contributed by atoms with Crippen molar-refractivity contribution in [3.05, 3.63) is 33.7 Å². The molecule has 1 saturated carbocycles. The predicted molar refractivity (Wildman–Crippen MR) is 119 cm³/mol. The summed E-state index contributed by atoms with van der Waals surface area (Å²) in [5.41, 5.74) is 1.64. The molecule has 2 rings (SSSR count). The summed E-state index contributed by atoms with van der Waals surface area (Å²) >= 11 is 0. The fourth-order valence-electron chi connectivity index (χ4n) is 3.86. The molecule has 0 atom stereocenters. The van der Waals surface area contributed by atoms with E-state index in [-0.39, 0.29) is 33.2 Å². The van der Waals surface area contributed by atoms with Gasteiger partial charge < -0.3 is 5.11 Å². The molecule has 0 aliphatic heterocycles. The maximum absolute atomic E-state index is 12.9. The average Bonchev–Trinajstić information content (AvgIpc) is 2.59. The number of phenols is 1. The second-order valence-corrected chi connectivity index (χ2v) is 12.4.